The number of fused-ring (bicyclic) bond motifs is 5. The van der Waals surface area contributed by atoms with Crippen LogP contribution in [0.3, 0.4) is 0 Å². The standard InChI is InChI=1S/C23H26N2O5S/c1-31-10-9-16(23(29)30)24-20(26)17(11-13-5-3-2-4-6-13)25-21(27)18-14-7-8-15(12-14)19(18)22(25)28/h2-8,14-19H,9-12H2,1H3,(H,24,26)(H,29,30). The Morgan fingerprint density at radius 2 is 1.74 bits per heavy atom. The van der Waals surface area contributed by atoms with Crippen LogP contribution in [0.4, 0.5) is 0 Å². The molecule has 7 nitrogen and oxygen atoms in total. The number of thioether (sulfide) groups is 1. The van der Waals surface area contributed by atoms with E-state index < -0.39 is 35.8 Å². The average Bonchev–Trinajstić information content (AvgIpc) is 3.44. The molecule has 1 aliphatic heterocycles. The van der Waals surface area contributed by atoms with Gasteiger partial charge in [0.2, 0.25) is 17.7 Å². The van der Waals surface area contributed by atoms with Gasteiger partial charge in [-0.3, -0.25) is 19.3 Å². The minimum atomic E-state index is -1.13. The van der Waals surface area contributed by atoms with Gasteiger partial charge in [0.15, 0.2) is 0 Å². The molecule has 6 atom stereocenters. The van der Waals surface area contributed by atoms with Crippen LogP contribution in [0.1, 0.15) is 18.4 Å². The van der Waals surface area contributed by atoms with Crippen molar-refractivity contribution in [3.05, 3.63) is 48.0 Å². The fraction of sp³-hybridized carbons (Fsp3) is 0.478. The SMILES string of the molecule is CSCCC(NC(=O)C(Cc1ccccc1)N1C(=O)C2C3C=CC(C3)C2C1=O)C(=O)O. The lowest BCUT2D eigenvalue weighted by Gasteiger charge is -2.28. The number of carboxylic acids is 1. The normalized spacial score (nSPS) is 28.0. The number of hydrogen-bond acceptors (Lipinski definition) is 5. The zero-order valence-corrected chi connectivity index (χ0v) is 18.1. The number of imide groups is 1. The van der Waals surface area contributed by atoms with Gasteiger partial charge in [-0.25, -0.2) is 4.79 Å². The zero-order chi connectivity index (χ0) is 22.1. The molecule has 2 aliphatic carbocycles. The van der Waals surface area contributed by atoms with Crippen LogP contribution in [0.15, 0.2) is 42.5 Å². The lowest BCUT2D eigenvalue weighted by Crippen LogP contribution is -2.55. The molecular formula is C23H26N2O5S. The molecule has 1 saturated heterocycles. The minimum absolute atomic E-state index is 0.0465. The number of nitrogens with one attached hydrogen (secondary N) is 1. The molecule has 4 rings (SSSR count). The molecule has 6 unspecified atom stereocenters. The molecule has 164 valence electrons. The first kappa shape index (κ1) is 21.6. The second-order valence-corrected chi connectivity index (χ2v) is 9.42. The molecule has 0 spiro atoms. The minimum Gasteiger partial charge on any atom is -0.480 e. The van der Waals surface area contributed by atoms with E-state index in [1.165, 1.54) is 11.8 Å². The number of hydrogen-bond donors (Lipinski definition) is 2. The number of allylic oxidation sites excluding steroid dienone is 2. The van der Waals surface area contributed by atoms with Crippen LogP contribution in [0.5, 0.6) is 0 Å². The summed E-state index contributed by atoms with van der Waals surface area (Å²) in [6.45, 7) is 0. The van der Waals surface area contributed by atoms with Gasteiger partial charge in [0.25, 0.3) is 0 Å². The number of amides is 3. The first-order valence-electron chi connectivity index (χ1n) is 10.5. The van der Waals surface area contributed by atoms with Crippen molar-refractivity contribution in [3.8, 4) is 0 Å². The molecular weight excluding hydrogens is 416 g/mol. The van der Waals surface area contributed by atoms with E-state index in [2.05, 4.69) is 5.32 Å². The second-order valence-electron chi connectivity index (χ2n) is 8.43. The predicted molar refractivity (Wildman–Crippen MR) is 116 cm³/mol. The summed E-state index contributed by atoms with van der Waals surface area (Å²) >= 11 is 1.49. The fourth-order valence-corrected chi connectivity index (χ4v) is 5.60. The first-order valence-corrected chi connectivity index (χ1v) is 11.9. The van der Waals surface area contributed by atoms with Gasteiger partial charge in [0, 0.05) is 6.42 Å². The molecule has 1 aromatic carbocycles. The number of carbonyl (C=O) groups is 4. The third kappa shape index (κ3) is 4.01. The Labute approximate surface area is 185 Å². The summed E-state index contributed by atoms with van der Waals surface area (Å²) in [6.07, 6.45) is 7.11. The number of aliphatic carboxylic acids is 1. The van der Waals surface area contributed by atoms with Crippen LogP contribution in [0.25, 0.3) is 0 Å². The lowest BCUT2D eigenvalue weighted by atomic mass is 9.85. The molecule has 1 heterocycles. The summed E-state index contributed by atoms with van der Waals surface area (Å²) in [5.41, 5.74) is 0.803. The number of likely N-dealkylation sites (tertiary alicyclic amines) is 1. The summed E-state index contributed by atoms with van der Waals surface area (Å²) in [4.78, 5) is 52.6. The molecule has 2 bridgehead atoms. The maximum Gasteiger partial charge on any atom is 0.326 e. The molecule has 0 radical (unpaired) electrons. The molecule has 31 heavy (non-hydrogen) atoms. The van der Waals surface area contributed by atoms with Crippen molar-refractivity contribution in [1.82, 2.24) is 10.2 Å². The van der Waals surface area contributed by atoms with Crippen LogP contribution in [-0.4, -0.2) is 57.8 Å². The lowest BCUT2D eigenvalue weighted by molar-refractivity contribution is -0.149. The largest absolute Gasteiger partial charge is 0.480 e. The summed E-state index contributed by atoms with van der Waals surface area (Å²) in [6, 6.07) is 7.04. The van der Waals surface area contributed by atoms with Crippen LogP contribution in [0.2, 0.25) is 0 Å². The summed E-state index contributed by atoms with van der Waals surface area (Å²) in [5, 5.41) is 12.1. The van der Waals surface area contributed by atoms with Crippen LogP contribution in [-0.2, 0) is 25.6 Å². The number of nitrogens with zero attached hydrogens (tertiary/aromatic N) is 1. The Morgan fingerprint density at radius 3 is 2.29 bits per heavy atom. The molecule has 0 aromatic heterocycles. The summed E-state index contributed by atoms with van der Waals surface area (Å²) < 4.78 is 0. The highest BCUT2D eigenvalue weighted by molar-refractivity contribution is 7.98. The summed E-state index contributed by atoms with van der Waals surface area (Å²) in [7, 11) is 0. The van der Waals surface area contributed by atoms with Crippen molar-refractivity contribution >= 4 is 35.5 Å². The molecule has 2 N–H and O–H groups in total. The van der Waals surface area contributed by atoms with E-state index in [9.17, 15) is 24.3 Å². The number of benzene rings is 1. The van der Waals surface area contributed by atoms with Crippen molar-refractivity contribution in [2.24, 2.45) is 23.7 Å². The van der Waals surface area contributed by atoms with E-state index in [0.717, 1.165) is 16.9 Å². The number of carbonyl (C=O) groups excluding carboxylic acids is 3. The van der Waals surface area contributed by atoms with Gasteiger partial charge in [-0.05, 0) is 42.2 Å². The molecule has 2 fully saturated rings. The number of rotatable bonds is 9. The highest BCUT2D eigenvalue weighted by atomic mass is 32.2. The van der Waals surface area contributed by atoms with Gasteiger partial charge in [-0.2, -0.15) is 11.8 Å². The van der Waals surface area contributed by atoms with E-state index >= 15 is 0 Å². The maximum atomic E-state index is 13.3. The van der Waals surface area contributed by atoms with Gasteiger partial charge < -0.3 is 10.4 Å². The zero-order valence-electron chi connectivity index (χ0n) is 17.3. The topological polar surface area (TPSA) is 104 Å². The van der Waals surface area contributed by atoms with E-state index in [0.29, 0.717) is 5.75 Å². The second kappa shape index (κ2) is 8.86. The number of carboxylic acid groups (broad SMARTS) is 1. The van der Waals surface area contributed by atoms with Gasteiger partial charge >= 0.3 is 5.97 Å². The van der Waals surface area contributed by atoms with Crippen molar-refractivity contribution in [2.45, 2.75) is 31.3 Å². The van der Waals surface area contributed by atoms with Gasteiger partial charge in [-0.1, -0.05) is 42.5 Å². The highest BCUT2D eigenvalue weighted by Crippen LogP contribution is 2.53. The Balaban J connectivity index is 1.60. The third-order valence-corrected chi connectivity index (χ3v) is 7.26. The maximum absolute atomic E-state index is 13.3. The fourth-order valence-electron chi connectivity index (χ4n) is 5.13. The molecule has 3 aliphatic rings. The Bertz CT molecular complexity index is 888. The van der Waals surface area contributed by atoms with Crippen molar-refractivity contribution in [2.75, 3.05) is 12.0 Å². The Hall–Kier alpha value is -2.61. The van der Waals surface area contributed by atoms with E-state index in [-0.39, 0.29) is 36.5 Å². The molecule has 3 amide bonds. The molecule has 1 aromatic rings. The quantitative estimate of drug-likeness (QED) is 0.446. The van der Waals surface area contributed by atoms with Gasteiger partial charge in [0.05, 0.1) is 11.8 Å². The van der Waals surface area contributed by atoms with E-state index in [1.807, 2.05) is 48.7 Å². The molecule has 1 saturated carbocycles. The summed E-state index contributed by atoms with van der Waals surface area (Å²) in [5.74, 6) is -2.48. The van der Waals surface area contributed by atoms with Crippen LogP contribution < -0.4 is 5.32 Å². The van der Waals surface area contributed by atoms with E-state index in [4.69, 9.17) is 0 Å². The van der Waals surface area contributed by atoms with Crippen molar-refractivity contribution < 1.29 is 24.3 Å². The van der Waals surface area contributed by atoms with Gasteiger partial charge in [0.1, 0.15) is 12.1 Å². The Morgan fingerprint density at radius 1 is 1.13 bits per heavy atom. The van der Waals surface area contributed by atoms with Crippen LogP contribution in [0, 0.1) is 23.7 Å². The first-order chi connectivity index (χ1) is 14.9. The molecule has 8 heteroatoms. The highest BCUT2D eigenvalue weighted by Gasteiger charge is 2.61. The average molecular weight is 443 g/mol. The predicted octanol–water partition coefficient (Wildman–Crippen LogP) is 1.73. The van der Waals surface area contributed by atoms with E-state index in [1.54, 1.807) is 0 Å². The smallest absolute Gasteiger partial charge is 0.326 e. The van der Waals surface area contributed by atoms with Gasteiger partial charge in [-0.15, -0.1) is 0 Å². The monoisotopic (exact) mass is 442 g/mol. The van der Waals surface area contributed by atoms with Crippen molar-refractivity contribution in [1.29, 1.82) is 0 Å². The van der Waals surface area contributed by atoms with Crippen LogP contribution >= 0.6 is 11.8 Å². The third-order valence-electron chi connectivity index (χ3n) is 6.62. The van der Waals surface area contributed by atoms with Crippen molar-refractivity contribution in [3.63, 3.8) is 0 Å². The Kier molecular flexibility index (Phi) is 6.18.